The zero-order valence-electron chi connectivity index (χ0n) is 24.8. The highest BCUT2D eigenvalue weighted by Gasteiger charge is 2.32. The average molecular weight is 652 g/mol. The summed E-state index contributed by atoms with van der Waals surface area (Å²) in [4.78, 5) is 108. The monoisotopic (exact) mass is 651 g/mol. The van der Waals surface area contributed by atoms with E-state index in [1.54, 1.807) is 30.3 Å². The maximum Gasteiger partial charge on any atom is 0.326 e. The van der Waals surface area contributed by atoms with Crippen molar-refractivity contribution >= 4 is 53.4 Å². The number of carboxylic acid groups (broad SMARTS) is 3. The lowest BCUT2D eigenvalue weighted by Gasteiger charge is -2.24. The molecule has 252 valence electrons. The third-order valence-corrected chi connectivity index (χ3v) is 6.18. The smallest absolute Gasteiger partial charge is 0.326 e. The molecule has 6 atom stereocenters. The van der Waals surface area contributed by atoms with Gasteiger partial charge in [-0.2, -0.15) is 0 Å². The van der Waals surface area contributed by atoms with E-state index in [0.29, 0.717) is 5.56 Å². The van der Waals surface area contributed by atoms with Gasteiger partial charge in [-0.25, -0.2) is 4.79 Å². The highest BCUT2D eigenvalue weighted by Crippen LogP contribution is 2.06. The van der Waals surface area contributed by atoms with Crippen LogP contribution in [0, 0.1) is 0 Å². The van der Waals surface area contributed by atoms with Crippen molar-refractivity contribution in [2.45, 2.75) is 75.8 Å². The van der Waals surface area contributed by atoms with E-state index in [2.05, 4.69) is 21.3 Å². The van der Waals surface area contributed by atoms with Crippen molar-refractivity contribution in [3.05, 3.63) is 35.9 Å². The Morgan fingerprint density at radius 3 is 1.57 bits per heavy atom. The third kappa shape index (κ3) is 13.8. The molecule has 0 bridgehead atoms. The first-order chi connectivity index (χ1) is 21.4. The number of aliphatic carboxylic acids is 3. The number of carbonyl (C=O) groups is 9. The van der Waals surface area contributed by atoms with Gasteiger partial charge in [0.15, 0.2) is 0 Å². The Balaban J connectivity index is 2.95. The van der Waals surface area contributed by atoms with Crippen molar-refractivity contribution in [3.63, 3.8) is 0 Å². The minimum Gasteiger partial charge on any atom is -0.481 e. The molecule has 0 aromatic heterocycles. The Labute approximate surface area is 261 Å². The van der Waals surface area contributed by atoms with Crippen LogP contribution in [0.1, 0.15) is 38.7 Å². The molecule has 0 fully saturated rings. The fourth-order valence-corrected chi connectivity index (χ4v) is 3.76. The number of amides is 6. The summed E-state index contributed by atoms with van der Waals surface area (Å²) in [6.07, 6.45) is -2.55. The van der Waals surface area contributed by atoms with Gasteiger partial charge in [-0.15, -0.1) is 0 Å². The van der Waals surface area contributed by atoms with Crippen LogP contribution in [-0.2, 0) is 49.6 Å². The zero-order valence-corrected chi connectivity index (χ0v) is 24.8. The molecule has 0 radical (unpaired) electrons. The Kier molecular flexibility index (Phi) is 15.3. The highest BCUT2D eigenvalue weighted by atomic mass is 16.4. The van der Waals surface area contributed by atoms with E-state index >= 15 is 0 Å². The van der Waals surface area contributed by atoms with E-state index in [1.165, 1.54) is 13.8 Å². The summed E-state index contributed by atoms with van der Waals surface area (Å²) < 4.78 is 0. The molecule has 0 aliphatic rings. The molecule has 0 unspecified atom stereocenters. The number of carboxylic acids is 3. The Morgan fingerprint density at radius 2 is 1.07 bits per heavy atom. The molecule has 0 saturated carbocycles. The van der Waals surface area contributed by atoms with Crippen LogP contribution in [-0.4, -0.2) is 105 Å². The van der Waals surface area contributed by atoms with E-state index in [4.69, 9.17) is 21.7 Å². The number of carbonyl (C=O) groups excluding carboxylic acids is 6. The molecule has 0 aliphatic carbocycles. The van der Waals surface area contributed by atoms with E-state index in [1.807, 2.05) is 5.32 Å². The molecule has 1 aromatic carbocycles. The summed E-state index contributed by atoms with van der Waals surface area (Å²) in [5.41, 5.74) is 11.1. The highest BCUT2D eigenvalue weighted by molar-refractivity contribution is 5.97. The van der Waals surface area contributed by atoms with Gasteiger partial charge in [-0.1, -0.05) is 30.3 Å². The van der Waals surface area contributed by atoms with Crippen LogP contribution in [0.2, 0.25) is 0 Å². The first-order valence-electron chi connectivity index (χ1n) is 13.7. The predicted molar refractivity (Wildman–Crippen MR) is 155 cm³/mol. The molecule has 0 aliphatic heterocycles. The van der Waals surface area contributed by atoms with Gasteiger partial charge in [0.1, 0.15) is 30.2 Å². The number of rotatable bonds is 19. The second-order valence-electron chi connectivity index (χ2n) is 10.1. The second-order valence-corrected chi connectivity index (χ2v) is 10.1. The number of nitrogens with two attached hydrogens (primary N) is 2. The van der Waals surface area contributed by atoms with Crippen molar-refractivity contribution < 1.29 is 58.5 Å². The molecule has 0 spiro atoms. The SMILES string of the molecule is C[C@H](NC(=O)[C@H](C)NC(=O)[C@H](CC(=O)O)NC(=O)[C@@H](N)CC(=O)O)C(=O)N[C@@H](Cc1ccccc1)C(=O)N[C@@H](CC(N)=O)C(=O)O. The molecule has 46 heavy (non-hydrogen) atoms. The van der Waals surface area contributed by atoms with Crippen LogP contribution in [0.15, 0.2) is 30.3 Å². The summed E-state index contributed by atoms with van der Waals surface area (Å²) in [6, 6.07) is -0.787. The van der Waals surface area contributed by atoms with Crippen LogP contribution >= 0.6 is 0 Å². The van der Waals surface area contributed by atoms with Crippen LogP contribution in [0.3, 0.4) is 0 Å². The number of primary amides is 1. The molecule has 0 heterocycles. The second kappa shape index (κ2) is 18.3. The summed E-state index contributed by atoms with van der Waals surface area (Å²) in [6.45, 7) is 2.42. The topological polar surface area (TPSA) is 327 Å². The first kappa shape index (κ1) is 38.4. The predicted octanol–water partition coefficient (Wildman–Crippen LogP) is -4.07. The number of hydrogen-bond acceptors (Lipinski definition) is 10. The van der Waals surface area contributed by atoms with Crippen LogP contribution in [0.25, 0.3) is 0 Å². The average Bonchev–Trinajstić information content (AvgIpc) is 2.95. The summed E-state index contributed by atoms with van der Waals surface area (Å²) in [5.74, 6) is -10.5. The van der Waals surface area contributed by atoms with E-state index in [9.17, 15) is 48.3 Å². The minimum atomic E-state index is -1.73. The quantitative estimate of drug-likeness (QED) is 0.0681. The molecule has 1 rings (SSSR count). The molecular formula is C27H37N7O12. The summed E-state index contributed by atoms with van der Waals surface area (Å²) in [5, 5.41) is 38.3. The van der Waals surface area contributed by atoms with Crippen molar-refractivity contribution in [1.82, 2.24) is 26.6 Å². The van der Waals surface area contributed by atoms with Crippen molar-refractivity contribution in [3.8, 4) is 0 Å². The normalized spacial score (nSPS) is 14.5. The first-order valence-corrected chi connectivity index (χ1v) is 13.7. The van der Waals surface area contributed by atoms with Crippen molar-refractivity contribution in [1.29, 1.82) is 0 Å². The number of hydrogen-bond donors (Lipinski definition) is 10. The lowest BCUT2D eigenvalue weighted by atomic mass is 10.0. The van der Waals surface area contributed by atoms with E-state index < -0.39 is 109 Å². The summed E-state index contributed by atoms with van der Waals surface area (Å²) >= 11 is 0. The number of nitrogens with one attached hydrogen (secondary N) is 5. The molecule has 12 N–H and O–H groups in total. The van der Waals surface area contributed by atoms with Crippen molar-refractivity contribution in [2.75, 3.05) is 0 Å². The van der Waals surface area contributed by atoms with Crippen LogP contribution < -0.4 is 38.1 Å². The molecule has 0 saturated heterocycles. The Morgan fingerprint density at radius 1 is 0.609 bits per heavy atom. The Hall–Kier alpha value is -5.59. The molecule has 1 aromatic rings. The molecular weight excluding hydrogens is 614 g/mol. The maximum atomic E-state index is 13.0. The van der Waals surface area contributed by atoms with E-state index in [-0.39, 0.29) is 6.42 Å². The van der Waals surface area contributed by atoms with Gasteiger partial charge < -0.3 is 53.4 Å². The fraction of sp³-hybridized carbons (Fsp3) is 0.444. The number of benzene rings is 1. The zero-order chi connectivity index (χ0) is 35.1. The van der Waals surface area contributed by atoms with Gasteiger partial charge in [-0.05, 0) is 19.4 Å². The van der Waals surface area contributed by atoms with Crippen LogP contribution in [0.5, 0.6) is 0 Å². The van der Waals surface area contributed by atoms with Gasteiger partial charge in [0.25, 0.3) is 0 Å². The van der Waals surface area contributed by atoms with Gasteiger partial charge in [0, 0.05) is 6.42 Å². The van der Waals surface area contributed by atoms with Gasteiger partial charge >= 0.3 is 17.9 Å². The van der Waals surface area contributed by atoms with Gasteiger partial charge in [0.05, 0.1) is 25.3 Å². The largest absolute Gasteiger partial charge is 0.481 e. The van der Waals surface area contributed by atoms with Crippen LogP contribution in [0.4, 0.5) is 0 Å². The summed E-state index contributed by atoms with van der Waals surface area (Å²) in [7, 11) is 0. The lowest BCUT2D eigenvalue weighted by Crippen LogP contribution is -2.58. The maximum absolute atomic E-state index is 13.0. The molecule has 6 amide bonds. The molecule has 19 nitrogen and oxygen atoms in total. The third-order valence-electron chi connectivity index (χ3n) is 6.18. The Bertz CT molecular complexity index is 1320. The van der Waals surface area contributed by atoms with E-state index in [0.717, 1.165) is 0 Å². The van der Waals surface area contributed by atoms with Gasteiger partial charge in [-0.3, -0.25) is 38.4 Å². The molecule has 19 heteroatoms. The van der Waals surface area contributed by atoms with Gasteiger partial charge in [0.2, 0.25) is 35.4 Å². The minimum absolute atomic E-state index is 0.110. The van der Waals surface area contributed by atoms with Crippen molar-refractivity contribution in [2.24, 2.45) is 11.5 Å². The fourth-order valence-electron chi connectivity index (χ4n) is 3.76. The standard InChI is InChI=1S/C27H37N7O12/c1-12(31-25(43)17(11-21(38)39)33-24(42)15(28)9-20(36)37)22(40)30-13(2)23(41)32-16(8-14-6-4-3-5-7-14)26(44)34-18(27(45)46)10-19(29)35/h3-7,12-13,15-18H,8-11,28H2,1-2H3,(H2,29,35)(H,30,40)(H,31,43)(H,32,41)(H,33,42)(H,34,44)(H,36,37)(H,38,39)(H,45,46)/t12-,13-,15-,16-,17-,18-/m0/s1. The lowest BCUT2D eigenvalue weighted by molar-refractivity contribution is -0.143.